The first-order chi connectivity index (χ1) is 8.88. The van der Waals surface area contributed by atoms with E-state index in [9.17, 15) is 5.11 Å². The molecule has 0 heterocycles. The molecule has 2 unspecified atom stereocenters. The van der Waals surface area contributed by atoms with E-state index in [-0.39, 0.29) is 0 Å². The molecule has 0 bridgehead atoms. The Bertz CT molecular complexity index is 453. The summed E-state index contributed by atoms with van der Waals surface area (Å²) < 4.78 is 0. The van der Waals surface area contributed by atoms with E-state index in [4.69, 9.17) is 11.6 Å². The summed E-state index contributed by atoms with van der Waals surface area (Å²) in [5, 5.41) is 11.1. The second-order valence-corrected chi connectivity index (χ2v) is 7.01. The normalized spacial score (nSPS) is 21.9. The van der Waals surface area contributed by atoms with E-state index in [0.29, 0.717) is 16.4 Å². The minimum absolute atomic E-state index is 0.354. The van der Waals surface area contributed by atoms with E-state index in [1.165, 1.54) is 6.42 Å². The highest BCUT2D eigenvalue weighted by Gasteiger charge is 2.28. The molecule has 0 aliphatic heterocycles. The molecule has 1 aliphatic carbocycles. The van der Waals surface area contributed by atoms with Crippen LogP contribution in [0.1, 0.15) is 51.7 Å². The molecule has 1 aliphatic rings. The lowest BCUT2D eigenvalue weighted by Crippen LogP contribution is -2.23. The Morgan fingerprint density at radius 2 is 1.84 bits per heavy atom. The monoisotopic (exact) mass is 278 g/mol. The molecule has 0 saturated heterocycles. The van der Waals surface area contributed by atoms with Gasteiger partial charge in [-0.3, -0.25) is 0 Å². The molecule has 0 aromatic heterocycles. The summed E-state index contributed by atoms with van der Waals surface area (Å²) in [7, 11) is 0. The van der Waals surface area contributed by atoms with Crippen LogP contribution in [0.3, 0.4) is 0 Å². The molecule has 0 spiro atoms. The third-order valence-electron chi connectivity index (χ3n) is 4.21. The number of benzene rings is 1. The predicted octanol–water partition coefficient (Wildman–Crippen LogP) is 5.15. The van der Waals surface area contributed by atoms with Crippen molar-refractivity contribution in [1.82, 2.24) is 0 Å². The van der Waals surface area contributed by atoms with Crippen LogP contribution in [0.25, 0.3) is 0 Å². The molecule has 1 nitrogen and oxygen atoms in total. The van der Waals surface area contributed by atoms with E-state index >= 15 is 0 Å². The standard InChI is InChI=1S/C17H23ClO/c1-17(2,3)14-8-4-12(5-9-14)16(19)13-6-10-15(18)11-7-13/h4,6-7,10-11,14,16,19H,5,8-9H2,1-3H3. The van der Waals surface area contributed by atoms with Gasteiger partial charge in [0, 0.05) is 5.02 Å². The fourth-order valence-electron chi connectivity index (χ4n) is 2.75. The highest BCUT2D eigenvalue weighted by molar-refractivity contribution is 6.30. The number of rotatable bonds is 2. The maximum Gasteiger partial charge on any atom is 0.100 e. The first-order valence-corrected chi connectivity index (χ1v) is 7.38. The van der Waals surface area contributed by atoms with Gasteiger partial charge in [-0.1, -0.05) is 50.6 Å². The van der Waals surface area contributed by atoms with Crippen LogP contribution >= 0.6 is 11.6 Å². The summed E-state index contributed by atoms with van der Waals surface area (Å²) in [4.78, 5) is 0. The van der Waals surface area contributed by atoms with Gasteiger partial charge in [0.05, 0.1) is 0 Å². The zero-order chi connectivity index (χ0) is 14.0. The van der Waals surface area contributed by atoms with Gasteiger partial charge in [0.15, 0.2) is 0 Å². The highest BCUT2D eigenvalue weighted by atomic mass is 35.5. The Labute approximate surface area is 121 Å². The molecule has 2 heteroatoms. The van der Waals surface area contributed by atoms with E-state index < -0.39 is 6.10 Å². The second kappa shape index (κ2) is 5.68. The molecule has 104 valence electrons. The van der Waals surface area contributed by atoms with Crippen molar-refractivity contribution in [3.8, 4) is 0 Å². The predicted molar refractivity (Wildman–Crippen MR) is 81.3 cm³/mol. The summed E-state index contributed by atoms with van der Waals surface area (Å²) in [5.74, 6) is 0.716. The van der Waals surface area contributed by atoms with Crippen molar-refractivity contribution >= 4 is 11.6 Å². The SMILES string of the molecule is CC(C)(C)C1CC=C(C(O)c2ccc(Cl)cc2)CC1. The summed E-state index contributed by atoms with van der Waals surface area (Å²) in [6.07, 6.45) is 4.99. The number of aliphatic hydroxyl groups excluding tert-OH is 1. The van der Waals surface area contributed by atoms with Crippen molar-refractivity contribution in [2.45, 2.75) is 46.1 Å². The van der Waals surface area contributed by atoms with Gasteiger partial charge < -0.3 is 5.11 Å². The average molecular weight is 279 g/mol. The van der Waals surface area contributed by atoms with Crippen LogP contribution < -0.4 is 0 Å². The molecule has 2 atom stereocenters. The molecular weight excluding hydrogens is 256 g/mol. The van der Waals surface area contributed by atoms with Gasteiger partial charge in [-0.15, -0.1) is 0 Å². The third-order valence-corrected chi connectivity index (χ3v) is 4.46. The van der Waals surface area contributed by atoms with Crippen molar-refractivity contribution < 1.29 is 5.11 Å². The average Bonchev–Trinajstić information content (AvgIpc) is 2.38. The Hall–Kier alpha value is -0.790. The van der Waals surface area contributed by atoms with Crippen LogP contribution in [0.5, 0.6) is 0 Å². The lowest BCUT2D eigenvalue weighted by molar-refractivity contribution is 0.183. The number of halogens is 1. The highest BCUT2D eigenvalue weighted by Crippen LogP contribution is 2.40. The quantitative estimate of drug-likeness (QED) is 0.742. The summed E-state index contributed by atoms with van der Waals surface area (Å²) in [6, 6.07) is 7.48. The minimum Gasteiger partial charge on any atom is -0.384 e. The van der Waals surface area contributed by atoms with Gasteiger partial charge in [0.25, 0.3) is 0 Å². The summed E-state index contributed by atoms with van der Waals surface area (Å²) >= 11 is 5.88. The lowest BCUT2D eigenvalue weighted by Gasteiger charge is -2.34. The van der Waals surface area contributed by atoms with Gasteiger partial charge in [-0.05, 0) is 53.9 Å². The molecule has 19 heavy (non-hydrogen) atoms. The number of hydrogen-bond acceptors (Lipinski definition) is 1. The van der Waals surface area contributed by atoms with Crippen LogP contribution in [-0.2, 0) is 0 Å². The topological polar surface area (TPSA) is 20.2 Å². The van der Waals surface area contributed by atoms with Crippen molar-refractivity contribution in [3.63, 3.8) is 0 Å². The van der Waals surface area contributed by atoms with Gasteiger partial charge in [0.1, 0.15) is 6.10 Å². The maximum absolute atomic E-state index is 10.4. The number of hydrogen-bond donors (Lipinski definition) is 1. The van der Waals surface area contributed by atoms with Crippen LogP contribution in [0.15, 0.2) is 35.9 Å². The zero-order valence-corrected chi connectivity index (χ0v) is 12.7. The van der Waals surface area contributed by atoms with Gasteiger partial charge in [-0.25, -0.2) is 0 Å². The van der Waals surface area contributed by atoms with Crippen molar-refractivity contribution in [3.05, 3.63) is 46.5 Å². The molecule has 1 aromatic rings. The van der Waals surface area contributed by atoms with Crippen molar-refractivity contribution in [2.24, 2.45) is 11.3 Å². The Kier molecular flexibility index (Phi) is 4.37. The zero-order valence-electron chi connectivity index (χ0n) is 12.0. The van der Waals surface area contributed by atoms with Crippen LogP contribution in [-0.4, -0.2) is 5.11 Å². The van der Waals surface area contributed by atoms with Gasteiger partial charge in [-0.2, -0.15) is 0 Å². The van der Waals surface area contributed by atoms with Crippen LogP contribution in [0.4, 0.5) is 0 Å². The number of allylic oxidation sites excluding steroid dienone is 1. The molecule has 1 aromatic carbocycles. The minimum atomic E-state index is -0.474. The second-order valence-electron chi connectivity index (χ2n) is 6.57. The van der Waals surface area contributed by atoms with E-state index in [1.54, 1.807) is 0 Å². The number of aliphatic hydroxyl groups is 1. The first-order valence-electron chi connectivity index (χ1n) is 7.00. The van der Waals surface area contributed by atoms with Crippen LogP contribution in [0.2, 0.25) is 5.02 Å². The van der Waals surface area contributed by atoms with Crippen molar-refractivity contribution in [1.29, 1.82) is 0 Å². The molecule has 1 N–H and O–H groups in total. The van der Waals surface area contributed by atoms with Gasteiger partial charge >= 0.3 is 0 Å². The Morgan fingerprint density at radius 3 is 2.32 bits per heavy atom. The fraction of sp³-hybridized carbons (Fsp3) is 0.529. The Balaban J connectivity index is 2.07. The van der Waals surface area contributed by atoms with E-state index in [1.807, 2.05) is 24.3 Å². The largest absolute Gasteiger partial charge is 0.384 e. The molecule has 0 radical (unpaired) electrons. The molecule has 0 saturated carbocycles. The van der Waals surface area contributed by atoms with E-state index in [0.717, 1.165) is 24.0 Å². The van der Waals surface area contributed by atoms with E-state index in [2.05, 4.69) is 26.8 Å². The third kappa shape index (κ3) is 3.61. The fourth-order valence-corrected chi connectivity index (χ4v) is 2.87. The molecule has 0 amide bonds. The van der Waals surface area contributed by atoms with Crippen molar-refractivity contribution in [2.75, 3.05) is 0 Å². The smallest absolute Gasteiger partial charge is 0.100 e. The first kappa shape index (κ1) is 14.6. The maximum atomic E-state index is 10.4. The summed E-state index contributed by atoms with van der Waals surface area (Å²) in [5.41, 5.74) is 2.44. The lowest BCUT2D eigenvalue weighted by atomic mass is 9.72. The Morgan fingerprint density at radius 1 is 1.21 bits per heavy atom. The van der Waals surface area contributed by atoms with Gasteiger partial charge in [0.2, 0.25) is 0 Å². The van der Waals surface area contributed by atoms with Crippen LogP contribution in [0, 0.1) is 11.3 Å². The molecule has 0 fully saturated rings. The molecular formula is C17H23ClO. The molecule has 2 rings (SSSR count). The summed E-state index contributed by atoms with van der Waals surface area (Å²) in [6.45, 7) is 6.89.